The molecule has 0 amide bonds. The maximum atomic E-state index is 12.2. The summed E-state index contributed by atoms with van der Waals surface area (Å²) in [5.41, 5.74) is 0. The molecular formula is C13H20ClNO4S. The molecule has 0 aliphatic rings. The van der Waals surface area contributed by atoms with E-state index >= 15 is 0 Å². The SMILES string of the molecule is COc1ccc(S(=O)(=O)N[C@@H](CO)CC(C)C)cc1Cl. The van der Waals surface area contributed by atoms with Crippen molar-refractivity contribution in [2.24, 2.45) is 5.92 Å². The van der Waals surface area contributed by atoms with E-state index in [2.05, 4.69) is 4.72 Å². The second kappa shape index (κ2) is 7.26. The summed E-state index contributed by atoms with van der Waals surface area (Å²) in [4.78, 5) is 0.0468. The van der Waals surface area contributed by atoms with Crippen molar-refractivity contribution in [2.45, 2.75) is 31.2 Å². The Balaban J connectivity index is 2.95. The average Bonchev–Trinajstić information content (AvgIpc) is 2.36. The summed E-state index contributed by atoms with van der Waals surface area (Å²) in [6.45, 7) is 3.67. The molecule has 0 spiro atoms. The minimum atomic E-state index is -3.71. The fraction of sp³-hybridized carbons (Fsp3) is 0.538. The predicted octanol–water partition coefficient (Wildman–Crippen LogP) is 2.03. The normalized spacial score (nSPS) is 13.5. The van der Waals surface area contributed by atoms with E-state index in [0.717, 1.165) is 0 Å². The van der Waals surface area contributed by atoms with Crippen LogP contribution in [0.15, 0.2) is 23.1 Å². The lowest BCUT2D eigenvalue weighted by Crippen LogP contribution is -2.38. The number of sulfonamides is 1. The first kappa shape index (κ1) is 17.2. The molecule has 20 heavy (non-hydrogen) atoms. The minimum absolute atomic E-state index is 0.0468. The molecular weight excluding hydrogens is 302 g/mol. The Bertz CT molecular complexity index is 545. The van der Waals surface area contributed by atoms with Gasteiger partial charge >= 0.3 is 0 Å². The third kappa shape index (κ3) is 4.63. The molecule has 0 bridgehead atoms. The van der Waals surface area contributed by atoms with Crippen LogP contribution in [0.2, 0.25) is 5.02 Å². The fourth-order valence-corrected chi connectivity index (χ4v) is 3.42. The van der Waals surface area contributed by atoms with Crippen molar-refractivity contribution in [3.8, 4) is 5.75 Å². The van der Waals surface area contributed by atoms with E-state index in [1.807, 2.05) is 13.8 Å². The third-order valence-electron chi connectivity index (χ3n) is 2.73. The van der Waals surface area contributed by atoms with Gasteiger partial charge in [0.1, 0.15) is 5.75 Å². The summed E-state index contributed by atoms with van der Waals surface area (Å²) < 4.78 is 31.9. The molecule has 1 rings (SSSR count). The molecule has 0 heterocycles. The van der Waals surface area contributed by atoms with Crippen LogP contribution in [0.1, 0.15) is 20.3 Å². The number of aliphatic hydroxyl groups is 1. The zero-order valence-electron chi connectivity index (χ0n) is 11.8. The van der Waals surface area contributed by atoms with Gasteiger partial charge in [-0.25, -0.2) is 13.1 Å². The highest BCUT2D eigenvalue weighted by Crippen LogP contribution is 2.27. The summed E-state index contributed by atoms with van der Waals surface area (Å²) in [7, 11) is -2.26. The van der Waals surface area contributed by atoms with Crippen molar-refractivity contribution < 1.29 is 18.3 Å². The Morgan fingerprint density at radius 3 is 2.50 bits per heavy atom. The number of ether oxygens (including phenoxy) is 1. The van der Waals surface area contributed by atoms with E-state index < -0.39 is 16.1 Å². The predicted molar refractivity (Wildman–Crippen MR) is 78.7 cm³/mol. The highest BCUT2D eigenvalue weighted by Gasteiger charge is 2.21. The van der Waals surface area contributed by atoms with Gasteiger partial charge in [0.15, 0.2) is 0 Å². The molecule has 0 radical (unpaired) electrons. The maximum Gasteiger partial charge on any atom is 0.240 e. The first-order valence-electron chi connectivity index (χ1n) is 6.27. The van der Waals surface area contributed by atoms with Crippen molar-refractivity contribution in [1.29, 1.82) is 0 Å². The molecule has 0 aliphatic heterocycles. The lowest BCUT2D eigenvalue weighted by atomic mass is 10.1. The van der Waals surface area contributed by atoms with Crippen LogP contribution in [0, 0.1) is 5.92 Å². The summed E-state index contributed by atoms with van der Waals surface area (Å²) in [5, 5.41) is 9.47. The van der Waals surface area contributed by atoms with Gasteiger partial charge < -0.3 is 9.84 Å². The van der Waals surface area contributed by atoms with E-state index in [0.29, 0.717) is 12.2 Å². The second-order valence-electron chi connectivity index (χ2n) is 4.93. The van der Waals surface area contributed by atoms with Gasteiger partial charge in [0.2, 0.25) is 10.0 Å². The Morgan fingerprint density at radius 1 is 1.40 bits per heavy atom. The van der Waals surface area contributed by atoms with Crippen LogP contribution in [-0.2, 0) is 10.0 Å². The first-order valence-corrected chi connectivity index (χ1v) is 8.13. The Morgan fingerprint density at radius 2 is 2.05 bits per heavy atom. The van der Waals surface area contributed by atoms with E-state index in [9.17, 15) is 13.5 Å². The van der Waals surface area contributed by atoms with E-state index in [1.165, 1.54) is 25.3 Å². The quantitative estimate of drug-likeness (QED) is 0.805. The van der Waals surface area contributed by atoms with Gasteiger partial charge in [-0.3, -0.25) is 0 Å². The molecule has 0 saturated heterocycles. The number of halogens is 1. The van der Waals surface area contributed by atoms with Crippen LogP contribution in [0.5, 0.6) is 5.75 Å². The van der Waals surface area contributed by atoms with Crippen molar-refractivity contribution in [3.05, 3.63) is 23.2 Å². The standard InChI is InChI=1S/C13H20ClNO4S/c1-9(2)6-10(8-16)15-20(17,18)11-4-5-13(19-3)12(14)7-11/h4-5,7,9-10,15-16H,6,8H2,1-3H3/t10-/m1/s1. The molecule has 1 aromatic carbocycles. The number of methoxy groups -OCH3 is 1. The van der Waals surface area contributed by atoms with Gasteiger partial charge in [-0.1, -0.05) is 25.4 Å². The van der Waals surface area contributed by atoms with Gasteiger partial charge in [0.05, 0.1) is 23.6 Å². The molecule has 1 atom stereocenters. The van der Waals surface area contributed by atoms with E-state index in [1.54, 1.807) is 0 Å². The lowest BCUT2D eigenvalue weighted by Gasteiger charge is -2.18. The summed E-state index contributed by atoms with van der Waals surface area (Å²) in [5.74, 6) is 0.681. The number of rotatable bonds is 7. The van der Waals surface area contributed by atoms with E-state index in [4.69, 9.17) is 16.3 Å². The van der Waals surface area contributed by atoms with Crippen molar-refractivity contribution >= 4 is 21.6 Å². The number of hydrogen-bond donors (Lipinski definition) is 2. The highest BCUT2D eigenvalue weighted by molar-refractivity contribution is 7.89. The third-order valence-corrected chi connectivity index (χ3v) is 4.55. The maximum absolute atomic E-state index is 12.2. The van der Waals surface area contributed by atoms with Crippen LogP contribution < -0.4 is 9.46 Å². The zero-order valence-corrected chi connectivity index (χ0v) is 13.3. The Kier molecular flexibility index (Phi) is 6.26. The summed E-state index contributed by atoms with van der Waals surface area (Å²) in [6, 6.07) is 3.72. The zero-order chi connectivity index (χ0) is 15.3. The van der Waals surface area contributed by atoms with Crippen LogP contribution in [0.3, 0.4) is 0 Å². The van der Waals surface area contributed by atoms with Crippen LogP contribution >= 0.6 is 11.6 Å². The molecule has 1 aromatic rings. The van der Waals surface area contributed by atoms with Gasteiger partial charge in [-0.2, -0.15) is 0 Å². The molecule has 0 aromatic heterocycles. The summed E-state index contributed by atoms with van der Waals surface area (Å²) >= 11 is 5.92. The fourth-order valence-electron chi connectivity index (χ4n) is 1.83. The van der Waals surface area contributed by atoms with Crippen LogP contribution in [-0.4, -0.2) is 33.3 Å². The largest absolute Gasteiger partial charge is 0.495 e. The highest BCUT2D eigenvalue weighted by atomic mass is 35.5. The molecule has 0 unspecified atom stereocenters. The van der Waals surface area contributed by atoms with Gasteiger partial charge in [0.25, 0.3) is 0 Å². The van der Waals surface area contributed by atoms with Crippen molar-refractivity contribution in [3.63, 3.8) is 0 Å². The van der Waals surface area contributed by atoms with Crippen LogP contribution in [0.25, 0.3) is 0 Å². The van der Waals surface area contributed by atoms with Crippen LogP contribution in [0.4, 0.5) is 0 Å². The molecule has 114 valence electrons. The first-order chi connectivity index (χ1) is 9.30. The van der Waals surface area contributed by atoms with Gasteiger partial charge in [-0.05, 0) is 30.5 Å². The Labute approximate surface area is 125 Å². The lowest BCUT2D eigenvalue weighted by molar-refractivity contribution is 0.240. The molecule has 5 nitrogen and oxygen atoms in total. The number of aliphatic hydroxyl groups excluding tert-OH is 1. The number of hydrogen-bond acceptors (Lipinski definition) is 4. The van der Waals surface area contributed by atoms with E-state index in [-0.39, 0.29) is 22.4 Å². The minimum Gasteiger partial charge on any atom is -0.495 e. The average molecular weight is 322 g/mol. The molecule has 7 heteroatoms. The van der Waals surface area contributed by atoms with Gasteiger partial charge in [0, 0.05) is 6.04 Å². The summed E-state index contributed by atoms with van der Waals surface area (Å²) in [6.07, 6.45) is 0.555. The number of benzene rings is 1. The molecule has 2 N–H and O–H groups in total. The van der Waals surface area contributed by atoms with Crippen molar-refractivity contribution in [1.82, 2.24) is 4.72 Å². The Hall–Kier alpha value is -0.820. The molecule has 0 aliphatic carbocycles. The molecule has 0 fully saturated rings. The van der Waals surface area contributed by atoms with Gasteiger partial charge in [-0.15, -0.1) is 0 Å². The number of nitrogens with one attached hydrogen (secondary N) is 1. The molecule has 0 saturated carbocycles. The van der Waals surface area contributed by atoms with Crippen molar-refractivity contribution in [2.75, 3.05) is 13.7 Å². The topological polar surface area (TPSA) is 75.6 Å². The smallest absolute Gasteiger partial charge is 0.240 e. The monoisotopic (exact) mass is 321 g/mol. The second-order valence-corrected chi connectivity index (χ2v) is 7.05.